The van der Waals surface area contributed by atoms with Crippen molar-refractivity contribution in [2.75, 3.05) is 12.4 Å². The third kappa shape index (κ3) is 2.54. The molecule has 2 rings (SSSR count). The summed E-state index contributed by atoms with van der Waals surface area (Å²) in [6, 6.07) is 6.03. The monoisotopic (exact) mass is 245 g/mol. The molecule has 1 aromatic heterocycles. The molecular weight excluding hydrogens is 234 g/mol. The van der Waals surface area contributed by atoms with Gasteiger partial charge in [0.15, 0.2) is 0 Å². The molecule has 2 N–H and O–H groups in total. The second kappa shape index (κ2) is 5.13. The summed E-state index contributed by atoms with van der Waals surface area (Å²) in [6.07, 6.45) is 2.97. The van der Waals surface area contributed by atoms with Gasteiger partial charge in [-0.25, -0.2) is 14.8 Å². The summed E-state index contributed by atoms with van der Waals surface area (Å²) >= 11 is 0. The van der Waals surface area contributed by atoms with Gasteiger partial charge in [-0.05, 0) is 24.3 Å². The van der Waals surface area contributed by atoms with Gasteiger partial charge in [0.05, 0.1) is 18.4 Å². The lowest BCUT2D eigenvalue weighted by Gasteiger charge is -2.10. The number of carbonyl (C=O) groups is 1. The number of ether oxygens (including phenoxy) is 1. The van der Waals surface area contributed by atoms with Crippen LogP contribution in [0.1, 0.15) is 10.4 Å². The van der Waals surface area contributed by atoms with Crippen molar-refractivity contribution < 1.29 is 14.6 Å². The molecule has 0 aliphatic rings. The Kier molecular flexibility index (Phi) is 3.38. The largest absolute Gasteiger partial charge is 0.508 e. The smallest absolute Gasteiger partial charge is 0.340 e. The van der Waals surface area contributed by atoms with E-state index in [0.29, 0.717) is 11.5 Å². The summed E-state index contributed by atoms with van der Waals surface area (Å²) in [5.41, 5.74) is 0.731. The molecule has 1 aromatic carbocycles. The number of rotatable bonds is 3. The summed E-state index contributed by atoms with van der Waals surface area (Å²) in [4.78, 5) is 19.3. The van der Waals surface area contributed by atoms with E-state index >= 15 is 0 Å². The Bertz CT molecular complexity index is 558. The maximum absolute atomic E-state index is 11.6. The lowest BCUT2D eigenvalue weighted by molar-refractivity contribution is 0.0601. The predicted molar refractivity (Wildman–Crippen MR) is 64.8 cm³/mol. The number of carbonyl (C=O) groups excluding carboxylic acids is 1. The number of aromatic nitrogens is 2. The number of phenols is 1. The normalized spacial score (nSPS) is 9.83. The predicted octanol–water partition coefficient (Wildman–Crippen LogP) is 1.71. The Hall–Kier alpha value is -2.63. The maximum Gasteiger partial charge on any atom is 0.340 e. The molecule has 2 aromatic rings. The molecule has 1 heterocycles. The van der Waals surface area contributed by atoms with Crippen LogP contribution in [-0.2, 0) is 4.74 Å². The molecule has 0 saturated heterocycles. The Balaban J connectivity index is 2.35. The first-order valence-corrected chi connectivity index (χ1v) is 5.15. The minimum Gasteiger partial charge on any atom is -0.508 e. The number of methoxy groups -OCH3 is 1. The Morgan fingerprint density at radius 3 is 2.89 bits per heavy atom. The van der Waals surface area contributed by atoms with E-state index in [1.165, 1.54) is 25.6 Å². The summed E-state index contributed by atoms with van der Waals surface area (Å²) in [5, 5.41) is 12.3. The van der Waals surface area contributed by atoms with E-state index in [1.807, 2.05) is 0 Å². The van der Waals surface area contributed by atoms with E-state index < -0.39 is 5.97 Å². The highest BCUT2D eigenvalue weighted by molar-refractivity contribution is 5.96. The molecule has 92 valence electrons. The molecule has 6 heteroatoms. The number of hydrogen-bond acceptors (Lipinski definition) is 6. The maximum atomic E-state index is 11.6. The molecular formula is C12H11N3O3. The average Bonchev–Trinajstić information content (AvgIpc) is 2.41. The third-order valence-electron chi connectivity index (χ3n) is 2.25. The second-order valence-electron chi connectivity index (χ2n) is 3.44. The van der Waals surface area contributed by atoms with Crippen molar-refractivity contribution in [1.29, 1.82) is 0 Å². The van der Waals surface area contributed by atoms with Crippen LogP contribution in [0.4, 0.5) is 11.5 Å². The highest BCUT2D eigenvalue weighted by Crippen LogP contribution is 2.24. The van der Waals surface area contributed by atoms with Crippen molar-refractivity contribution in [2.24, 2.45) is 0 Å². The van der Waals surface area contributed by atoms with Gasteiger partial charge in [0.2, 0.25) is 0 Å². The van der Waals surface area contributed by atoms with E-state index in [2.05, 4.69) is 20.0 Å². The van der Waals surface area contributed by atoms with Crippen molar-refractivity contribution in [1.82, 2.24) is 9.97 Å². The van der Waals surface area contributed by atoms with Crippen LogP contribution in [0.15, 0.2) is 36.8 Å². The SMILES string of the molecule is COC(=O)c1cc(O)ccc1Nc1ccncn1. The quantitative estimate of drug-likeness (QED) is 0.632. The minimum absolute atomic E-state index is 0.0105. The lowest BCUT2D eigenvalue weighted by Crippen LogP contribution is -2.06. The molecule has 0 radical (unpaired) electrons. The molecule has 18 heavy (non-hydrogen) atoms. The first kappa shape index (κ1) is 11.8. The molecule has 0 fully saturated rings. The van der Waals surface area contributed by atoms with Gasteiger partial charge in [-0.1, -0.05) is 0 Å². The van der Waals surface area contributed by atoms with Crippen molar-refractivity contribution in [3.05, 3.63) is 42.4 Å². The van der Waals surface area contributed by atoms with Gasteiger partial charge >= 0.3 is 5.97 Å². The first-order valence-electron chi connectivity index (χ1n) is 5.15. The third-order valence-corrected chi connectivity index (χ3v) is 2.25. The number of nitrogens with one attached hydrogen (secondary N) is 1. The number of aromatic hydroxyl groups is 1. The van der Waals surface area contributed by atoms with Crippen LogP contribution in [0.25, 0.3) is 0 Å². The lowest BCUT2D eigenvalue weighted by atomic mass is 10.1. The van der Waals surface area contributed by atoms with Crippen LogP contribution in [0.3, 0.4) is 0 Å². The van der Waals surface area contributed by atoms with Crippen LogP contribution in [0.2, 0.25) is 0 Å². The Labute approximate surface area is 103 Å². The van der Waals surface area contributed by atoms with Gasteiger partial charge in [-0.3, -0.25) is 0 Å². The highest BCUT2D eigenvalue weighted by atomic mass is 16.5. The van der Waals surface area contributed by atoms with Crippen molar-refractivity contribution in [3.8, 4) is 5.75 Å². The number of anilines is 2. The standard InChI is InChI=1S/C12H11N3O3/c1-18-12(17)9-6-8(16)2-3-10(9)15-11-4-5-13-7-14-11/h2-7,16H,1H3,(H,13,14,15). The minimum atomic E-state index is -0.539. The van der Waals surface area contributed by atoms with E-state index in [0.717, 1.165) is 0 Å². The number of esters is 1. The zero-order valence-electron chi connectivity index (χ0n) is 9.62. The first-order chi connectivity index (χ1) is 8.70. The van der Waals surface area contributed by atoms with E-state index in [-0.39, 0.29) is 11.3 Å². The fourth-order valence-electron chi connectivity index (χ4n) is 1.42. The second-order valence-corrected chi connectivity index (χ2v) is 3.44. The van der Waals surface area contributed by atoms with Crippen LogP contribution in [0.5, 0.6) is 5.75 Å². The Morgan fingerprint density at radius 2 is 2.22 bits per heavy atom. The van der Waals surface area contributed by atoms with E-state index in [9.17, 15) is 9.90 Å². The summed E-state index contributed by atoms with van der Waals surface area (Å²) in [5.74, 6) is -0.00747. The highest BCUT2D eigenvalue weighted by Gasteiger charge is 2.13. The molecule has 0 aliphatic carbocycles. The summed E-state index contributed by atoms with van der Waals surface area (Å²) in [7, 11) is 1.28. The van der Waals surface area contributed by atoms with Crippen molar-refractivity contribution in [3.63, 3.8) is 0 Å². The Morgan fingerprint density at radius 1 is 1.39 bits per heavy atom. The van der Waals surface area contributed by atoms with Gasteiger partial charge in [-0.2, -0.15) is 0 Å². The van der Waals surface area contributed by atoms with Crippen LogP contribution >= 0.6 is 0 Å². The van der Waals surface area contributed by atoms with E-state index in [1.54, 1.807) is 18.3 Å². The van der Waals surface area contributed by atoms with Crippen LogP contribution in [0, 0.1) is 0 Å². The number of phenolic OH excluding ortho intramolecular Hbond substituents is 1. The van der Waals surface area contributed by atoms with Crippen molar-refractivity contribution >= 4 is 17.5 Å². The van der Waals surface area contributed by atoms with Crippen molar-refractivity contribution in [2.45, 2.75) is 0 Å². The fraction of sp³-hybridized carbons (Fsp3) is 0.0833. The van der Waals surface area contributed by atoms with Gasteiger partial charge in [-0.15, -0.1) is 0 Å². The zero-order valence-corrected chi connectivity index (χ0v) is 9.62. The van der Waals surface area contributed by atoms with Crippen LogP contribution in [-0.4, -0.2) is 28.2 Å². The fourth-order valence-corrected chi connectivity index (χ4v) is 1.42. The topological polar surface area (TPSA) is 84.3 Å². The average molecular weight is 245 g/mol. The van der Waals surface area contributed by atoms with Gasteiger partial charge in [0, 0.05) is 6.20 Å². The van der Waals surface area contributed by atoms with Crippen LogP contribution < -0.4 is 5.32 Å². The number of benzene rings is 1. The van der Waals surface area contributed by atoms with Gasteiger partial charge < -0.3 is 15.2 Å². The van der Waals surface area contributed by atoms with Gasteiger partial charge in [0.1, 0.15) is 17.9 Å². The molecule has 6 nitrogen and oxygen atoms in total. The molecule has 0 atom stereocenters. The molecule has 0 bridgehead atoms. The molecule has 0 aliphatic heterocycles. The molecule has 0 unspecified atom stereocenters. The number of hydrogen-bond donors (Lipinski definition) is 2. The zero-order chi connectivity index (χ0) is 13.0. The molecule has 0 saturated carbocycles. The molecule has 0 amide bonds. The van der Waals surface area contributed by atoms with E-state index in [4.69, 9.17) is 0 Å². The number of nitrogens with zero attached hydrogens (tertiary/aromatic N) is 2. The van der Waals surface area contributed by atoms with Gasteiger partial charge in [0.25, 0.3) is 0 Å². The summed E-state index contributed by atoms with van der Waals surface area (Å²) in [6.45, 7) is 0. The molecule has 0 spiro atoms. The summed E-state index contributed by atoms with van der Waals surface area (Å²) < 4.78 is 4.65.